The zero-order valence-electron chi connectivity index (χ0n) is 11.5. The second-order valence-corrected chi connectivity index (χ2v) is 5.20. The molecule has 1 heterocycles. The molecule has 1 aliphatic heterocycles. The Hall–Kier alpha value is -2.23. The monoisotopic (exact) mass is 287 g/mol. The Morgan fingerprint density at radius 1 is 1.14 bits per heavy atom. The van der Waals surface area contributed by atoms with E-state index in [0.717, 1.165) is 37.2 Å². The number of aryl methyl sites for hydroxylation is 1. The summed E-state index contributed by atoms with van der Waals surface area (Å²) in [6.45, 7) is 0.880. The van der Waals surface area contributed by atoms with Gasteiger partial charge in [-0.2, -0.15) is 0 Å². The highest BCUT2D eigenvalue weighted by atomic mass is 19.1. The molecule has 0 amide bonds. The number of halogens is 2. The molecule has 0 unspecified atom stereocenters. The van der Waals surface area contributed by atoms with Crippen LogP contribution in [0.1, 0.15) is 22.3 Å². The maximum absolute atomic E-state index is 13.7. The van der Waals surface area contributed by atoms with Gasteiger partial charge in [0, 0.05) is 18.3 Å². The van der Waals surface area contributed by atoms with E-state index in [2.05, 4.69) is 0 Å². The van der Waals surface area contributed by atoms with E-state index in [0.29, 0.717) is 0 Å². The first kappa shape index (κ1) is 13.7. The molecule has 2 aromatic carbocycles. The predicted octanol–water partition coefficient (Wildman–Crippen LogP) is 3.60. The van der Waals surface area contributed by atoms with Gasteiger partial charge in [-0.25, -0.2) is 8.78 Å². The average Bonchev–Trinajstić information content (AvgIpc) is 2.47. The molecule has 0 bridgehead atoms. The summed E-state index contributed by atoms with van der Waals surface area (Å²) in [6, 6.07) is 11.0. The van der Waals surface area contributed by atoms with E-state index in [1.807, 2.05) is 29.2 Å². The molecule has 0 atom stereocenters. The van der Waals surface area contributed by atoms with Gasteiger partial charge in [0.2, 0.25) is 0 Å². The van der Waals surface area contributed by atoms with Crippen molar-refractivity contribution in [1.29, 1.82) is 0 Å². The fraction of sp³-hybridized carbons (Fsp3) is 0.235. The van der Waals surface area contributed by atoms with E-state index >= 15 is 0 Å². The van der Waals surface area contributed by atoms with Gasteiger partial charge >= 0.3 is 0 Å². The smallest absolute Gasteiger partial charge is 0.185 e. The van der Waals surface area contributed by atoms with Crippen LogP contribution in [0.3, 0.4) is 0 Å². The summed E-state index contributed by atoms with van der Waals surface area (Å²) in [4.78, 5) is 14.2. The number of hydrogen-bond donors (Lipinski definition) is 0. The summed E-state index contributed by atoms with van der Waals surface area (Å²) in [5.41, 5.74) is 2.18. The highest BCUT2D eigenvalue weighted by Gasteiger charge is 2.21. The van der Waals surface area contributed by atoms with Crippen LogP contribution in [0.4, 0.5) is 14.5 Å². The van der Waals surface area contributed by atoms with Crippen LogP contribution in [0.15, 0.2) is 42.5 Å². The molecule has 0 saturated heterocycles. The molecule has 0 N–H and O–H groups in total. The first-order chi connectivity index (χ1) is 10.1. The maximum atomic E-state index is 13.7. The van der Waals surface area contributed by atoms with Crippen LogP contribution in [0.2, 0.25) is 0 Å². The largest absolute Gasteiger partial charge is 0.364 e. The van der Waals surface area contributed by atoms with Gasteiger partial charge in [0.1, 0.15) is 11.6 Å². The van der Waals surface area contributed by atoms with Crippen molar-refractivity contribution >= 4 is 11.5 Å². The first-order valence-corrected chi connectivity index (χ1v) is 6.96. The Bertz CT molecular complexity index is 684. The Kier molecular flexibility index (Phi) is 3.69. The molecule has 0 fully saturated rings. The van der Waals surface area contributed by atoms with Crippen molar-refractivity contribution in [3.8, 4) is 0 Å². The first-order valence-electron chi connectivity index (χ1n) is 6.96. The van der Waals surface area contributed by atoms with Crippen LogP contribution in [0, 0.1) is 11.6 Å². The van der Waals surface area contributed by atoms with Gasteiger partial charge in [0.25, 0.3) is 0 Å². The molecular weight excluding hydrogens is 272 g/mol. The zero-order chi connectivity index (χ0) is 14.8. The topological polar surface area (TPSA) is 20.3 Å². The van der Waals surface area contributed by atoms with Crippen LogP contribution < -0.4 is 4.90 Å². The average molecular weight is 287 g/mol. The number of Topliss-reactive ketones (excluding diaryl/α,β-unsaturated/α-hetero) is 1. The van der Waals surface area contributed by atoms with E-state index in [1.165, 1.54) is 11.6 Å². The van der Waals surface area contributed by atoms with Crippen molar-refractivity contribution in [3.05, 3.63) is 65.2 Å². The van der Waals surface area contributed by atoms with E-state index in [4.69, 9.17) is 0 Å². The summed E-state index contributed by atoms with van der Waals surface area (Å²) in [7, 11) is 0. The molecule has 2 aromatic rings. The molecule has 0 aliphatic carbocycles. The number of para-hydroxylation sites is 1. The van der Waals surface area contributed by atoms with Crippen molar-refractivity contribution in [3.63, 3.8) is 0 Å². The number of ketones is 1. The van der Waals surface area contributed by atoms with Crippen molar-refractivity contribution in [2.45, 2.75) is 12.8 Å². The molecule has 0 radical (unpaired) electrons. The third-order valence-electron chi connectivity index (χ3n) is 3.77. The highest BCUT2D eigenvalue weighted by molar-refractivity contribution is 5.99. The predicted molar refractivity (Wildman–Crippen MR) is 77.7 cm³/mol. The number of carbonyl (C=O) groups excluding carboxylic acids is 1. The Morgan fingerprint density at radius 2 is 1.95 bits per heavy atom. The summed E-state index contributed by atoms with van der Waals surface area (Å²) in [5.74, 6) is -1.80. The lowest BCUT2D eigenvalue weighted by Crippen LogP contribution is -2.34. The van der Waals surface area contributed by atoms with Crippen LogP contribution in [0.5, 0.6) is 0 Å². The minimum Gasteiger partial charge on any atom is -0.364 e. The molecule has 0 spiro atoms. The molecular formula is C17H15F2NO. The molecule has 2 nitrogen and oxygen atoms in total. The fourth-order valence-corrected chi connectivity index (χ4v) is 2.75. The second-order valence-electron chi connectivity index (χ2n) is 5.20. The van der Waals surface area contributed by atoms with Gasteiger partial charge in [-0.15, -0.1) is 0 Å². The molecule has 21 heavy (non-hydrogen) atoms. The number of hydrogen-bond acceptors (Lipinski definition) is 2. The minimum atomic E-state index is -0.801. The van der Waals surface area contributed by atoms with Crippen LogP contribution >= 0.6 is 0 Å². The third-order valence-corrected chi connectivity index (χ3v) is 3.77. The lowest BCUT2D eigenvalue weighted by Gasteiger charge is -2.30. The number of fused-ring (bicyclic) bond motifs is 1. The minimum absolute atomic E-state index is 0.0561. The van der Waals surface area contributed by atoms with E-state index in [9.17, 15) is 13.6 Å². The summed E-state index contributed by atoms with van der Waals surface area (Å²) in [6.07, 6.45) is 1.96. The molecule has 108 valence electrons. The molecule has 1 aliphatic rings. The van der Waals surface area contributed by atoms with Gasteiger partial charge < -0.3 is 4.90 Å². The van der Waals surface area contributed by atoms with Gasteiger partial charge in [-0.05, 0) is 36.6 Å². The third kappa shape index (κ3) is 2.79. The number of rotatable bonds is 3. The van der Waals surface area contributed by atoms with Crippen molar-refractivity contribution < 1.29 is 13.6 Å². The van der Waals surface area contributed by atoms with Gasteiger partial charge in [0.05, 0.1) is 12.1 Å². The molecule has 0 aromatic heterocycles. The van der Waals surface area contributed by atoms with E-state index in [-0.39, 0.29) is 17.9 Å². The van der Waals surface area contributed by atoms with Crippen LogP contribution in [-0.4, -0.2) is 18.9 Å². The van der Waals surface area contributed by atoms with Crippen LogP contribution in [0.25, 0.3) is 0 Å². The van der Waals surface area contributed by atoms with Crippen molar-refractivity contribution in [2.24, 2.45) is 0 Å². The summed E-state index contributed by atoms with van der Waals surface area (Å²) >= 11 is 0. The zero-order valence-corrected chi connectivity index (χ0v) is 11.5. The SMILES string of the molecule is O=C(CN1CCCc2ccccc21)c1ccc(F)cc1F. The van der Waals surface area contributed by atoms with Crippen molar-refractivity contribution in [1.82, 2.24) is 0 Å². The van der Waals surface area contributed by atoms with E-state index < -0.39 is 11.6 Å². The number of carbonyl (C=O) groups is 1. The highest BCUT2D eigenvalue weighted by Crippen LogP contribution is 2.26. The maximum Gasteiger partial charge on any atom is 0.185 e. The summed E-state index contributed by atoms with van der Waals surface area (Å²) in [5, 5.41) is 0. The quantitative estimate of drug-likeness (QED) is 0.804. The standard InChI is InChI=1S/C17H15F2NO/c18-13-7-8-14(15(19)10-13)17(21)11-20-9-3-5-12-4-1-2-6-16(12)20/h1-2,4,6-8,10H,3,5,9,11H2. The molecule has 0 saturated carbocycles. The van der Waals surface area contributed by atoms with Gasteiger partial charge in [0.15, 0.2) is 5.78 Å². The van der Waals surface area contributed by atoms with Gasteiger partial charge in [-0.1, -0.05) is 18.2 Å². The van der Waals surface area contributed by atoms with Crippen molar-refractivity contribution in [2.75, 3.05) is 18.0 Å². The van der Waals surface area contributed by atoms with Gasteiger partial charge in [-0.3, -0.25) is 4.79 Å². The summed E-state index contributed by atoms with van der Waals surface area (Å²) < 4.78 is 26.6. The molecule has 3 rings (SSSR count). The number of benzene rings is 2. The Morgan fingerprint density at radius 3 is 2.76 bits per heavy atom. The van der Waals surface area contributed by atoms with E-state index in [1.54, 1.807) is 0 Å². The Balaban J connectivity index is 1.83. The second kappa shape index (κ2) is 5.64. The number of nitrogens with zero attached hydrogens (tertiary/aromatic N) is 1. The number of anilines is 1. The fourth-order valence-electron chi connectivity index (χ4n) is 2.75. The lowest BCUT2D eigenvalue weighted by molar-refractivity contribution is 0.0994. The molecule has 4 heteroatoms. The Labute approximate surface area is 122 Å². The van der Waals surface area contributed by atoms with Crippen LogP contribution in [-0.2, 0) is 6.42 Å². The normalized spacial score (nSPS) is 13.9. The lowest BCUT2D eigenvalue weighted by atomic mass is 10.0.